The number of hydrogen-bond donors (Lipinski definition) is 2. The molecule has 2 aliphatic rings. The Labute approximate surface area is 138 Å². The van der Waals surface area contributed by atoms with E-state index < -0.39 is 0 Å². The van der Waals surface area contributed by atoms with Gasteiger partial charge in [0.25, 0.3) is 0 Å². The lowest BCUT2D eigenvalue weighted by atomic mass is 10.1. The molecule has 126 valence electrons. The molecule has 1 heterocycles. The largest absolute Gasteiger partial charge is 0.397 e. The van der Waals surface area contributed by atoms with E-state index >= 15 is 0 Å². The van der Waals surface area contributed by atoms with E-state index in [0.29, 0.717) is 12.5 Å². The number of carbonyl (C=O) groups excluding carboxylic acids is 1. The van der Waals surface area contributed by atoms with Gasteiger partial charge >= 0.3 is 0 Å². The Bertz CT molecular complexity index is 535. The van der Waals surface area contributed by atoms with Crippen LogP contribution in [0.2, 0.25) is 0 Å². The van der Waals surface area contributed by atoms with Crippen LogP contribution in [0.1, 0.15) is 37.7 Å². The quantitative estimate of drug-likeness (QED) is 0.816. The number of amides is 1. The van der Waals surface area contributed by atoms with E-state index in [1.54, 1.807) is 0 Å². The number of benzene rings is 1. The molecule has 0 atom stereocenters. The van der Waals surface area contributed by atoms with Gasteiger partial charge in [-0.05, 0) is 37.0 Å². The van der Waals surface area contributed by atoms with Crippen molar-refractivity contribution in [3.63, 3.8) is 0 Å². The fraction of sp³-hybridized carbons (Fsp3) is 0.611. The lowest BCUT2D eigenvalue weighted by Crippen LogP contribution is -2.36. The van der Waals surface area contributed by atoms with Crippen LogP contribution in [0.15, 0.2) is 18.2 Å². The SMILES string of the molecule is Nc1cc(CCC(=O)NC2CCCC2)ccc1N1CCOCC1. The zero-order valence-electron chi connectivity index (χ0n) is 13.7. The first-order valence-electron chi connectivity index (χ1n) is 8.73. The number of rotatable bonds is 5. The second kappa shape index (κ2) is 7.68. The van der Waals surface area contributed by atoms with Crippen LogP contribution in [0.25, 0.3) is 0 Å². The number of aryl methyl sites for hydroxylation is 1. The third kappa shape index (κ3) is 4.38. The minimum Gasteiger partial charge on any atom is -0.397 e. The Hall–Kier alpha value is -1.75. The van der Waals surface area contributed by atoms with Crippen LogP contribution in [0, 0.1) is 0 Å². The standard InChI is InChI=1S/C18H27N3O2/c19-16-13-14(5-7-17(16)21-9-11-23-12-10-21)6-8-18(22)20-15-3-1-2-4-15/h5,7,13,15H,1-4,6,8-12,19H2,(H,20,22). The molecule has 0 spiro atoms. The van der Waals surface area contributed by atoms with Gasteiger partial charge in [0, 0.05) is 25.6 Å². The lowest BCUT2D eigenvalue weighted by Gasteiger charge is -2.30. The number of nitrogen functional groups attached to an aromatic ring is 1. The first-order chi connectivity index (χ1) is 11.2. The average molecular weight is 317 g/mol. The monoisotopic (exact) mass is 317 g/mol. The smallest absolute Gasteiger partial charge is 0.220 e. The van der Waals surface area contributed by atoms with Gasteiger partial charge in [-0.15, -0.1) is 0 Å². The first-order valence-corrected chi connectivity index (χ1v) is 8.73. The van der Waals surface area contributed by atoms with Crippen molar-refractivity contribution in [1.29, 1.82) is 0 Å². The highest BCUT2D eigenvalue weighted by molar-refractivity contribution is 5.77. The maximum Gasteiger partial charge on any atom is 0.220 e. The number of ether oxygens (including phenoxy) is 1. The maximum absolute atomic E-state index is 12.0. The molecule has 1 aromatic rings. The lowest BCUT2D eigenvalue weighted by molar-refractivity contribution is -0.121. The maximum atomic E-state index is 12.0. The molecule has 1 aliphatic carbocycles. The van der Waals surface area contributed by atoms with Crippen LogP contribution in [0.4, 0.5) is 11.4 Å². The van der Waals surface area contributed by atoms with Gasteiger partial charge in [0.2, 0.25) is 5.91 Å². The van der Waals surface area contributed by atoms with Gasteiger partial charge in [0.15, 0.2) is 0 Å². The molecule has 0 unspecified atom stereocenters. The van der Waals surface area contributed by atoms with Crippen LogP contribution in [0.3, 0.4) is 0 Å². The van der Waals surface area contributed by atoms with E-state index in [0.717, 1.165) is 62.5 Å². The Morgan fingerprint density at radius 1 is 1.26 bits per heavy atom. The van der Waals surface area contributed by atoms with Crippen molar-refractivity contribution in [2.24, 2.45) is 0 Å². The van der Waals surface area contributed by atoms with Gasteiger partial charge in [-0.2, -0.15) is 0 Å². The summed E-state index contributed by atoms with van der Waals surface area (Å²) < 4.78 is 5.38. The van der Waals surface area contributed by atoms with Gasteiger partial charge in [-0.1, -0.05) is 18.9 Å². The number of carbonyl (C=O) groups is 1. The summed E-state index contributed by atoms with van der Waals surface area (Å²) in [5, 5.41) is 3.13. The van der Waals surface area contributed by atoms with Crippen LogP contribution in [-0.2, 0) is 16.0 Å². The topological polar surface area (TPSA) is 67.6 Å². The van der Waals surface area contributed by atoms with E-state index in [1.165, 1.54) is 12.8 Å². The van der Waals surface area contributed by atoms with E-state index in [9.17, 15) is 4.79 Å². The Morgan fingerprint density at radius 3 is 2.70 bits per heavy atom. The number of morpholine rings is 1. The summed E-state index contributed by atoms with van der Waals surface area (Å²) in [5.41, 5.74) is 9.20. The molecule has 3 N–H and O–H groups in total. The fourth-order valence-corrected chi connectivity index (χ4v) is 3.48. The van der Waals surface area contributed by atoms with Crippen molar-refractivity contribution < 1.29 is 9.53 Å². The third-order valence-corrected chi connectivity index (χ3v) is 4.80. The summed E-state index contributed by atoms with van der Waals surface area (Å²) in [6, 6.07) is 6.57. The molecule has 0 aromatic heterocycles. The highest BCUT2D eigenvalue weighted by Crippen LogP contribution is 2.25. The van der Waals surface area contributed by atoms with Gasteiger partial charge < -0.3 is 20.7 Å². The van der Waals surface area contributed by atoms with Gasteiger partial charge in [0.05, 0.1) is 24.6 Å². The molecule has 1 amide bonds. The molecule has 0 bridgehead atoms. The number of anilines is 2. The van der Waals surface area contributed by atoms with E-state index in [-0.39, 0.29) is 5.91 Å². The van der Waals surface area contributed by atoms with Crippen LogP contribution in [0.5, 0.6) is 0 Å². The normalized spacial score (nSPS) is 19.0. The molecule has 23 heavy (non-hydrogen) atoms. The Kier molecular flexibility index (Phi) is 5.39. The highest BCUT2D eigenvalue weighted by atomic mass is 16.5. The molecule has 3 rings (SSSR count). The van der Waals surface area contributed by atoms with Crippen molar-refractivity contribution in [3.05, 3.63) is 23.8 Å². The van der Waals surface area contributed by atoms with Crippen molar-refractivity contribution in [3.8, 4) is 0 Å². The second-order valence-corrected chi connectivity index (χ2v) is 6.54. The average Bonchev–Trinajstić information content (AvgIpc) is 3.07. The highest BCUT2D eigenvalue weighted by Gasteiger charge is 2.17. The molecule has 2 fully saturated rings. The van der Waals surface area contributed by atoms with E-state index in [2.05, 4.69) is 22.3 Å². The van der Waals surface area contributed by atoms with Gasteiger partial charge in [-0.3, -0.25) is 4.79 Å². The fourth-order valence-electron chi connectivity index (χ4n) is 3.48. The van der Waals surface area contributed by atoms with Gasteiger partial charge in [-0.25, -0.2) is 0 Å². The minimum absolute atomic E-state index is 0.160. The van der Waals surface area contributed by atoms with Gasteiger partial charge in [0.1, 0.15) is 0 Å². The van der Waals surface area contributed by atoms with Crippen molar-refractivity contribution in [2.75, 3.05) is 36.9 Å². The minimum atomic E-state index is 0.160. The van der Waals surface area contributed by atoms with Crippen molar-refractivity contribution >= 4 is 17.3 Å². The van der Waals surface area contributed by atoms with Crippen LogP contribution >= 0.6 is 0 Å². The number of nitrogens with two attached hydrogens (primary N) is 1. The predicted molar refractivity (Wildman–Crippen MR) is 92.6 cm³/mol. The van der Waals surface area contributed by atoms with Crippen LogP contribution in [-0.4, -0.2) is 38.3 Å². The zero-order valence-corrected chi connectivity index (χ0v) is 13.7. The van der Waals surface area contributed by atoms with Crippen molar-refractivity contribution in [2.45, 2.75) is 44.6 Å². The molecule has 1 saturated carbocycles. The molecular weight excluding hydrogens is 290 g/mol. The summed E-state index contributed by atoms with van der Waals surface area (Å²) in [7, 11) is 0. The third-order valence-electron chi connectivity index (χ3n) is 4.80. The first kappa shape index (κ1) is 16.1. The molecule has 0 radical (unpaired) electrons. The molecule has 1 aliphatic heterocycles. The van der Waals surface area contributed by atoms with E-state index in [1.807, 2.05) is 6.07 Å². The molecule has 5 heteroatoms. The summed E-state index contributed by atoms with van der Waals surface area (Å²) in [6.07, 6.45) is 6.02. The Morgan fingerprint density at radius 2 is 2.00 bits per heavy atom. The molecular formula is C18H27N3O2. The zero-order chi connectivity index (χ0) is 16.1. The molecule has 5 nitrogen and oxygen atoms in total. The number of nitrogens with one attached hydrogen (secondary N) is 1. The van der Waals surface area contributed by atoms with E-state index in [4.69, 9.17) is 10.5 Å². The summed E-state index contributed by atoms with van der Waals surface area (Å²) in [6.45, 7) is 3.27. The molecule has 1 saturated heterocycles. The number of hydrogen-bond acceptors (Lipinski definition) is 4. The van der Waals surface area contributed by atoms with Crippen LogP contribution < -0.4 is 16.0 Å². The summed E-state index contributed by atoms with van der Waals surface area (Å²) in [4.78, 5) is 14.3. The predicted octanol–water partition coefficient (Wildman–Crippen LogP) is 2.10. The summed E-state index contributed by atoms with van der Waals surface area (Å²) >= 11 is 0. The van der Waals surface area contributed by atoms with Crippen molar-refractivity contribution in [1.82, 2.24) is 5.32 Å². The summed E-state index contributed by atoms with van der Waals surface area (Å²) in [5.74, 6) is 0.160. The second-order valence-electron chi connectivity index (χ2n) is 6.54. The molecule has 1 aromatic carbocycles. The Balaban J connectivity index is 1.52. The number of nitrogens with zero attached hydrogens (tertiary/aromatic N) is 1.